The fraction of sp³-hybridized carbons (Fsp3) is 0.111. The molecule has 0 amide bonds. The van der Waals surface area contributed by atoms with E-state index in [1.165, 1.54) is 22.8 Å². The molecular weight excluding hydrogens is 340 g/mol. The normalized spacial score (nSPS) is 11.2. The van der Waals surface area contributed by atoms with Gasteiger partial charge in [0, 0.05) is 42.5 Å². The number of hydrogen-bond donors (Lipinski definition) is 0. The first-order chi connectivity index (χ1) is 11.9. The van der Waals surface area contributed by atoms with E-state index in [0.717, 1.165) is 11.8 Å². The zero-order valence-corrected chi connectivity index (χ0v) is 14.3. The summed E-state index contributed by atoms with van der Waals surface area (Å²) in [6.07, 6.45) is 6.02. The zero-order chi connectivity index (χ0) is 17.9. The molecule has 0 aliphatic carbocycles. The Hall–Kier alpha value is -2.93. The number of ether oxygens (including phenoxy) is 1. The number of rotatable bonds is 5. The van der Waals surface area contributed by atoms with Crippen LogP contribution < -0.4 is 10.3 Å². The lowest BCUT2D eigenvalue weighted by Gasteiger charge is -2.12. The van der Waals surface area contributed by atoms with Crippen LogP contribution in [0.1, 0.15) is 5.56 Å². The summed E-state index contributed by atoms with van der Waals surface area (Å²) in [5, 5.41) is 0. The third kappa shape index (κ3) is 4.13. The number of pyridine rings is 2. The highest BCUT2D eigenvalue weighted by Crippen LogP contribution is 2.23. The van der Waals surface area contributed by atoms with Crippen LogP contribution in [-0.4, -0.2) is 24.2 Å². The van der Waals surface area contributed by atoms with E-state index >= 15 is 0 Å². The SMILES string of the molecule is CS(=O)(=O)c1cc(OCc2cccnc2)cc(-n2ccccc2=O)c1. The number of sulfone groups is 1. The van der Waals surface area contributed by atoms with Crippen molar-refractivity contribution in [2.24, 2.45) is 0 Å². The molecule has 0 saturated heterocycles. The Morgan fingerprint density at radius 1 is 1.12 bits per heavy atom. The minimum atomic E-state index is -3.46. The third-order valence-corrected chi connectivity index (χ3v) is 4.61. The van der Waals surface area contributed by atoms with E-state index in [9.17, 15) is 13.2 Å². The first-order valence-corrected chi connectivity index (χ1v) is 9.37. The van der Waals surface area contributed by atoms with Crippen molar-refractivity contribution >= 4 is 9.84 Å². The van der Waals surface area contributed by atoms with Crippen LogP contribution in [0.2, 0.25) is 0 Å². The van der Waals surface area contributed by atoms with Crippen LogP contribution in [0.3, 0.4) is 0 Å². The minimum Gasteiger partial charge on any atom is -0.489 e. The quantitative estimate of drug-likeness (QED) is 0.700. The summed E-state index contributed by atoms with van der Waals surface area (Å²) in [5.74, 6) is 0.359. The minimum absolute atomic E-state index is 0.0851. The number of benzene rings is 1. The van der Waals surface area contributed by atoms with Crippen molar-refractivity contribution in [1.29, 1.82) is 0 Å². The molecule has 0 N–H and O–H groups in total. The van der Waals surface area contributed by atoms with Crippen molar-refractivity contribution in [3.05, 3.63) is 83.0 Å². The largest absolute Gasteiger partial charge is 0.489 e. The summed E-state index contributed by atoms with van der Waals surface area (Å²) in [5.41, 5.74) is 1.02. The number of hydrogen-bond acceptors (Lipinski definition) is 5. The standard InChI is InChI=1S/C18H16N2O4S/c1-25(22,23)17-10-15(20-8-3-2-6-18(20)21)9-16(11-17)24-13-14-5-4-7-19-12-14/h2-12H,13H2,1H3. The van der Waals surface area contributed by atoms with Crippen LogP contribution in [-0.2, 0) is 16.4 Å². The molecule has 3 aromatic rings. The molecule has 1 aromatic carbocycles. The molecular formula is C18H16N2O4S. The Kier molecular flexibility index (Phi) is 4.67. The fourth-order valence-electron chi connectivity index (χ4n) is 2.28. The van der Waals surface area contributed by atoms with E-state index in [-0.39, 0.29) is 17.1 Å². The maximum Gasteiger partial charge on any atom is 0.255 e. The highest BCUT2D eigenvalue weighted by atomic mass is 32.2. The van der Waals surface area contributed by atoms with Gasteiger partial charge in [-0.25, -0.2) is 8.42 Å². The van der Waals surface area contributed by atoms with Gasteiger partial charge in [0.2, 0.25) is 0 Å². The summed E-state index contributed by atoms with van der Waals surface area (Å²) < 4.78 is 31.0. The Bertz CT molecular complexity index is 1040. The Labute approximate surface area is 145 Å². The van der Waals surface area contributed by atoms with E-state index < -0.39 is 9.84 Å². The zero-order valence-electron chi connectivity index (χ0n) is 13.5. The van der Waals surface area contributed by atoms with Gasteiger partial charge in [-0.15, -0.1) is 0 Å². The van der Waals surface area contributed by atoms with Crippen molar-refractivity contribution in [3.63, 3.8) is 0 Å². The first-order valence-electron chi connectivity index (χ1n) is 7.48. The molecule has 25 heavy (non-hydrogen) atoms. The first kappa shape index (κ1) is 16.9. The van der Waals surface area contributed by atoms with Crippen LogP contribution in [0, 0.1) is 0 Å². The van der Waals surface area contributed by atoms with Crippen LogP contribution in [0.5, 0.6) is 5.75 Å². The molecule has 0 aliphatic heterocycles. The van der Waals surface area contributed by atoms with E-state index in [1.54, 1.807) is 42.9 Å². The van der Waals surface area contributed by atoms with Gasteiger partial charge in [-0.05, 0) is 24.3 Å². The second-order valence-corrected chi connectivity index (χ2v) is 7.51. The maximum atomic E-state index is 12.0. The second-order valence-electron chi connectivity index (χ2n) is 5.49. The maximum absolute atomic E-state index is 12.0. The molecule has 0 fully saturated rings. The lowest BCUT2D eigenvalue weighted by molar-refractivity contribution is 0.305. The summed E-state index contributed by atoms with van der Waals surface area (Å²) >= 11 is 0. The van der Waals surface area contributed by atoms with Crippen LogP contribution in [0.25, 0.3) is 5.69 Å². The van der Waals surface area contributed by atoms with Crippen LogP contribution in [0.15, 0.2) is 76.8 Å². The Balaban J connectivity index is 2.02. The highest BCUT2D eigenvalue weighted by Gasteiger charge is 2.13. The van der Waals surface area contributed by atoms with Crippen molar-refractivity contribution in [2.45, 2.75) is 11.5 Å². The van der Waals surface area contributed by atoms with Crippen LogP contribution >= 0.6 is 0 Å². The predicted molar refractivity (Wildman–Crippen MR) is 93.7 cm³/mol. The van der Waals surface area contributed by atoms with E-state index in [2.05, 4.69) is 4.98 Å². The van der Waals surface area contributed by atoms with E-state index in [0.29, 0.717) is 11.4 Å². The molecule has 128 valence electrons. The van der Waals surface area contributed by atoms with Crippen molar-refractivity contribution in [1.82, 2.24) is 9.55 Å². The van der Waals surface area contributed by atoms with Gasteiger partial charge in [-0.3, -0.25) is 14.3 Å². The Morgan fingerprint density at radius 3 is 2.64 bits per heavy atom. The number of aromatic nitrogens is 2. The molecule has 0 radical (unpaired) electrons. The van der Waals surface area contributed by atoms with E-state index in [4.69, 9.17) is 4.74 Å². The molecule has 3 rings (SSSR count). The molecule has 0 saturated carbocycles. The average molecular weight is 356 g/mol. The predicted octanol–water partition coefficient (Wildman–Crippen LogP) is 2.21. The smallest absolute Gasteiger partial charge is 0.255 e. The van der Waals surface area contributed by atoms with Gasteiger partial charge in [0.1, 0.15) is 12.4 Å². The van der Waals surface area contributed by atoms with Gasteiger partial charge in [0.25, 0.3) is 5.56 Å². The Morgan fingerprint density at radius 2 is 1.96 bits per heavy atom. The highest BCUT2D eigenvalue weighted by molar-refractivity contribution is 7.90. The second kappa shape index (κ2) is 6.90. The van der Waals surface area contributed by atoms with Crippen molar-refractivity contribution in [2.75, 3.05) is 6.26 Å². The molecule has 0 unspecified atom stereocenters. The van der Waals surface area contributed by atoms with Gasteiger partial charge in [0.05, 0.1) is 10.6 Å². The lowest BCUT2D eigenvalue weighted by Crippen LogP contribution is -2.16. The molecule has 2 heterocycles. The number of nitrogens with zero attached hydrogens (tertiary/aromatic N) is 2. The summed E-state index contributed by atoms with van der Waals surface area (Å²) in [6.45, 7) is 0.240. The fourth-order valence-corrected chi connectivity index (χ4v) is 2.95. The topological polar surface area (TPSA) is 78.3 Å². The monoisotopic (exact) mass is 356 g/mol. The lowest BCUT2D eigenvalue weighted by atomic mass is 10.2. The molecule has 0 spiro atoms. The molecule has 0 atom stereocenters. The summed E-state index contributed by atoms with van der Waals surface area (Å²) in [6, 6.07) is 12.9. The average Bonchev–Trinajstić information content (AvgIpc) is 2.60. The molecule has 7 heteroatoms. The van der Waals surface area contributed by atoms with E-state index in [1.807, 2.05) is 6.07 Å². The van der Waals surface area contributed by atoms with Gasteiger partial charge in [0.15, 0.2) is 9.84 Å². The third-order valence-electron chi connectivity index (χ3n) is 3.52. The van der Waals surface area contributed by atoms with Gasteiger partial charge < -0.3 is 4.74 Å². The van der Waals surface area contributed by atoms with Crippen molar-refractivity contribution < 1.29 is 13.2 Å². The summed E-state index contributed by atoms with van der Waals surface area (Å²) in [4.78, 5) is 16.1. The van der Waals surface area contributed by atoms with Crippen molar-refractivity contribution in [3.8, 4) is 11.4 Å². The molecule has 2 aromatic heterocycles. The van der Waals surface area contributed by atoms with Gasteiger partial charge in [-0.1, -0.05) is 12.1 Å². The van der Waals surface area contributed by atoms with Gasteiger partial charge >= 0.3 is 0 Å². The summed E-state index contributed by atoms with van der Waals surface area (Å²) in [7, 11) is -3.46. The molecule has 0 bridgehead atoms. The van der Waals surface area contributed by atoms with Gasteiger partial charge in [-0.2, -0.15) is 0 Å². The molecule has 6 nitrogen and oxygen atoms in total. The van der Waals surface area contributed by atoms with Crippen LogP contribution in [0.4, 0.5) is 0 Å². The molecule has 0 aliphatic rings.